The van der Waals surface area contributed by atoms with Crippen molar-refractivity contribution < 1.29 is 0 Å². The molecule has 20 rings (SSSR count). The number of thiophene rings is 2. The average molecular weight is 1510 g/mol. The summed E-state index contributed by atoms with van der Waals surface area (Å²) in [4.78, 5) is 4.79. The van der Waals surface area contributed by atoms with Crippen LogP contribution in [0.15, 0.2) is 397 Å². The van der Waals surface area contributed by atoms with Crippen LogP contribution >= 0.6 is 54.5 Å². The van der Waals surface area contributed by atoms with Crippen LogP contribution in [0.1, 0.15) is 0 Å². The average Bonchev–Trinajstić information content (AvgIpc) is 1.63. The van der Waals surface area contributed by atoms with E-state index >= 15 is 0 Å². The Hall–Kier alpha value is -12.1. The van der Waals surface area contributed by atoms with E-state index in [1.807, 2.05) is 83.3 Å². The first-order valence-corrected chi connectivity index (χ1v) is 38.3. The Morgan fingerprint density at radius 1 is 0.248 bits per heavy atom. The summed E-state index contributed by atoms with van der Waals surface area (Å²) in [5.74, 6) is 0. The Morgan fingerprint density at radius 2 is 0.600 bits per heavy atom. The molecule has 0 unspecified atom stereocenters. The minimum atomic E-state index is 1.09. The molecule has 0 amide bonds. The van der Waals surface area contributed by atoms with Crippen molar-refractivity contribution in [1.82, 2.24) is 9.13 Å². The molecule has 0 saturated carbocycles. The third-order valence-electron chi connectivity index (χ3n) is 19.5. The predicted molar refractivity (Wildman–Crippen MR) is 459 cm³/mol. The molecule has 4 heterocycles. The number of benzene rings is 16. The molecular formula is C96H65Br2N5S2. The highest BCUT2D eigenvalue weighted by Crippen LogP contribution is 2.50. The Balaban J connectivity index is 0.000000139. The number of nitrogens with one attached hydrogen (secondary N) is 1. The number of aromatic nitrogens is 2. The van der Waals surface area contributed by atoms with Crippen molar-refractivity contribution in [2.24, 2.45) is 0 Å². The number of fused-ring (bicyclic) bond motifs is 12. The van der Waals surface area contributed by atoms with Gasteiger partial charge in [0.05, 0.1) is 32.5 Å². The molecule has 0 aliphatic rings. The molecule has 0 aliphatic carbocycles. The lowest BCUT2D eigenvalue weighted by molar-refractivity contribution is 1.18. The van der Waals surface area contributed by atoms with Crippen molar-refractivity contribution >= 4 is 184 Å². The molecule has 4 aromatic heterocycles. The van der Waals surface area contributed by atoms with E-state index in [1.54, 1.807) is 0 Å². The molecule has 0 fully saturated rings. The molecule has 16 aromatic carbocycles. The van der Waals surface area contributed by atoms with Gasteiger partial charge in [-0.25, -0.2) is 0 Å². The van der Waals surface area contributed by atoms with Crippen molar-refractivity contribution in [3.8, 4) is 33.6 Å². The van der Waals surface area contributed by atoms with Crippen molar-refractivity contribution in [2.75, 3.05) is 15.1 Å². The molecule has 500 valence electrons. The maximum Gasteiger partial charge on any atom is 0.0661 e. The normalized spacial score (nSPS) is 11.3. The Labute approximate surface area is 633 Å². The van der Waals surface area contributed by atoms with Crippen LogP contribution in [0.5, 0.6) is 0 Å². The van der Waals surface area contributed by atoms with Gasteiger partial charge < -0.3 is 24.3 Å². The number of hydrogen-bond acceptors (Lipinski definition) is 5. The second-order valence-corrected chi connectivity index (χ2v) is 29.8. The molecule has 1 N–H and O–H groups in total. The first kappa shape index (κ1) is 65.0. The third-order valence-corrected chi connectivity index (χ3v) is 23.2. The smallest absolute Gasteiger partial charge is 0.0661 e. The maximum absolute atomic E-state index is 3.74. The number of nitrogens with zero attached hydrogens (tertiary/aromatic N) is 4. The van der Waals surface area contributed by atoms with Crippen molar-refractivity contribution in [1.29, 1.82) is 0 Å². The fraction of sp³-hybridized carbons (Fsp3) is 0. The van der Waals surface area contributed by atoms with E-state index in [1.165, 1.54) is 112 Å². The zero-order chi connectivity index (χ0) is 70.2. The van der Waals surface area contributed by atoms with Crippen molar-refractivity contribution in [3.05, 3.63) is 397 Å². The second kappa shape index (κ2) is 28.6. The quantitative estimate of drug-likeness (QED) is 0.132. The maximum atomic E-state index is 3.74. The first-order chi connectivity index (χ1) is 51.9. The topological polar surface area (TPSA) is 28.4 Å². The Bertz CT molecular complexity index is 6390. The molecule has 0 saturated heterocycles. The third kappa shape index (κ3) is 12.7. The number of anilines is 8. The van der Waals surface area contributed by atoms with E-state index in [2.05, 4.69) is 384 Å². The van der Waals surface area contributed by atoms with Crippen molar-refractivity contribution in [3.63, 3.8) is 0 Å². The van der Waals surface area contributed by atoms with E-state index < -0.39 is 0 Å². The minimum absolute atomic E-state index is 1.09. The second-order valence-electron chi connectivity index (χ2n) is 25.9. The van der Waals surface area contributed by atoms with Gasteiger partial charge in [-0.15, -0.1) is 22.7 Å². The van der Waals surface area contributed by atoms with Crippen molar-refractivity contribution in [2.45, 2.75) is 0 Å². The highest BCUT2D eigenvalue weighted by atomic mass is 79.9. The van der Waals surface area contributed by atoms with E-state index in [-0.39, 0.29) is 0 Å². The van der Waals surface area contributed by atoms with Gasteiger partial charge in [0.1, 0.15) is 0 Å². The number of para-hydroxylation sites is 10. The summed E-state index contributed by atoms with van der Waals surface area (Å²) in [5.41, 5.74) is 20.9. The van der Waals surface area contributed by atoms with Gasteiger partial charge in [-0.3, -0.25) is 0 Å². The lowest BCUT2D eigenvalue weighted by Crippen LogP contribution is -2.13. The summed E-state index contributed by atoms with van der Waals surface area (Å²) in [5, 5.41) is 13.4. The van der Waals surface area contributed by atoms with Crippen LogP contribution in [0.4, 0.5) is 45.5 Å². The van der Waals surface area contributed by atoms with Gasteiger partial charge in [0, 0.05) is 117 Å². The van der Waals surface area contributed by atoms with Gasteiger partial charge in [0.25, 0.3) is 0 Å². The zero-order valence-corrected chi connectivity index (χ0v) is 61.6. The molecule has 5 nitrogen and oxygen atoms in total. The molecule has 0 radical (unpaired) electrons. The van der Waals surface area contributed by atoms with Crippen LogP contribution in [0.2, 0.25) is 0 Å². The molecule has 20 aromatic rings. The van der Waals surface area contributed by atoms with Gasteiger partial charge in [0.2, 0.25) is 0 Å². The largest absolute Gasteiger partial charge is 0.356 e. The van der Waals surface area contributed by atoms with Crippen LogP contribution in [0.25, 0.3) is 118 Å². The zero-order valence-electron chi connectivity index (χ0n) is 56.8. The summed E-state index contributed by atoms with van der Waals surface area (Å²) in [7, 11) is 0. The summed E-state index contributed by atoms with van der Waals surface area (Å²) >= 11 is 11.1. The number of hydrogen-bond donors (Lipinski definition) is 1. The van der Waals surface area contributed by atoms with Crippen LogP contribution in [0.3, 0.4) is 0 Å². The van der Waals surface area contributed by atoms with Crippen LogP contribution < -0.4 is 15.1 Å². The van der Waals surface area contributed by atoms with E-state index in [0.717, 1.165) is 60.1 Å². The predicted octanol–water partition coefficient (Wildman–Crippen LogP) is 29.5. The fourth-order valence-electron chi connectivity index (χ4n) is 14.7. The van der Waals surface area contributed by atoms with E-state index in [9.17, 15) is 0 Å². The van der Waals surface area contributed by atoms with Crippen LogP contribution in [0, 0.1) is 0 Å². The van der Waals surface area contributed by atoms with Gasteiger partial charge in [0.15, 0.2) is 0 Å². The number of rotatable bonds is 12. The highest BCUT2D eigenvalue weighted by Gasteiger charge is 2.24. The molecule has 9 heteroatoms. The van der Waals surface area contributed by atoms with E-state index in [0.29, 0.717) is 0 Å². The monoisotopic (exact) mass is 1510 g/mol. The SMILES string of the molecule is Brc1cc(Br)c2sc3ccc(-c4ccc5c6ccccc6n(-c6ccccc6)c5c4)cc3c2c1.c1ccc(N(c2ccccc2)c2cc(N(c3ccccc3)c3ccccc3)c3sc4ccc(-c5ccc6c7ccccc7n(-c7ccccc7)c6c5)cc4c3c2)cc1.c1ccc(Nc2ccccc2)cc1. The lowest BCUT2D eigenvalue weighted by atomic mass is 10.0. The molecule has 0 aliphatic heterocycles. The van der Waals surface area contributed by atoms with Crippen LogP contribution in [-0.2, 0) is 0 Å². The molecule has 105 heavy (non-hydrogen) atoms. The van der Waals surface area contributed by atoms with Gasteiger partial charge in [-0.05, 0) is 208 Å². The summed E-state index contributed by atoms with van der Waals surface area (Å²) in [6.07, 6.45) is 0. The minimum Gasteiger partial charge on any atom is -0.356 e. The van der Waals surface area contributed by atoms with Gasteiger partial charge >= 0.3 is 0 Å². The summed E-state index contributed by atoms with van der Waals surface area (Å²) in [6, 6.07) is 139. The standard InChI is InChI=1S/C54H37N3S.C30H17Br2NS.C12H11N/c1-6-18-40(19-7-1)55(41-20-8-2-9-21-41)45-36-49-48-34-38(39-30-32-47-46-28-16-17-29-50(46)57(51(47)35-39)44-26-14-5-15-27-44)31-33-53(48)58-54(49)52(37-45)56(42-22-10-3-11-23-42)43-24-12-4-13-25-43;31-20-16-25-24-14-18(11-13-29(24)34-30(25)26(32)17-20)19-10-12-23-22-8-4-5-9-27(22)33(28(23)15-19)21-6-2-1-3-7-21;1-3-7-11(8-4-1)13-12-9-5-2-6-10-12/h1-37H;1-17H;1-10,13H. The van der Waals surface area contributed by atoms with E-state index in [4.69, 9.17) is 0 Å². The van der Waals surface area contributed by atoms with Crippen LogP contribution in [-0.4, -0.2) is 9.13 Å². The Morgan fingerprint density at radius 3 is 1.05 bits per heavy atom. The molecule has 0 atom stereocenters. The summed E-state index contributed by atoms with van der Waals surface area (Å²) in [6.45, 7) is 0. The molecular weight excluding hydrogens is 1450 g/mol. The van der Waals surface area contributed by atoms with Gasteiger partial charge in [-0.1, -0.05) is 234 Å². The highest BCUT2D eigenvalue weighted by molar-refractivity contribution is 9.11. The fourth-order valence-corrected chi connectivity index (χ4v) is 18.4. The Kier molecular flexibility index (Phi) is 17.7. The molecule has 0 bridgehead atoms. The van der Waals surface area contributed by atoms with Gasteiger partial charge in [-0.2, -0.15) is 0 Å². The molecule has 0 spiro atoms. The first-order valence-electron chi connectivity index (χ1n) is 35.1. The lowest BCUT2D eigenvalue weighted by Gasteiger charge is -2.30. The summed E-state index contributed by atoms with van der Waals surface area (Å²) < 4.78 is 12.1. The number of halogens is 2.